The van der Waals surface area contributed by atoms with E-state index in [4.69, 9.17) is 0 Å². The molecule has 1 aliphatic carbocycles. The molecule has 0 amide bonds. The molecule has 0 saturated carbocycles. The van der Waals surface area contributed by atoms with E-state index in [1.54, 1.807) is 0 Å². The molecular weight excluding hydrogens is 250 g/mol. The topological polar surface area (TPSA) is 12.0 Å². The van der Waals surface area contributed by atoms with Gasteiger partial charge in [-0.2, -0.15) is 0 Å². The molecule has 0 saturated heterocycles. The smallest absolute Gasteiger partial charge is 0.0210 e. The van der Waals surface area contributed by atoms with Crippen LogP contribution in [0.3, 0.4) is 0 Å². The van der Waals surface area contributed by atoms with Crippen LogP contribution >= 0.6 is 15.9 Å². The van der Waals surface area contributed by atoms with Crippen molar-refractivity contribution < 1.29 is 0 Å². The van der Waals surface area contributed by atoms with E-state index >= 15 is 0 Å². The summed E-state index contributed by atoms with van der Waals surface area (Å²) in [6.45, 7) is 3.37. The van der Waals surface area contributed by atoms with E-state index in [0.29, 0.717) is 6.04 Å². The van der Waals surface area contributed by atoms with Crippen LogP contribution < -0.4 is 5.32 Å². The molecule has 0 bridgehead atoms. The van der Waals surface area contributed by atoms with Gasteiger partial charge in [-0.25, -0.2) is 0 Å². The second-order valence-electron chi connectivity index (χ2n) is 4.27. The third-order valence-corrected chi connectivity index (χ3v) is 3.85. The first-order valence-corrected chi connectivity index (χ1v) is 6.60. The summed E-state index contributed by atoms with van der Waals surface area (Å²) in [5.41, 5.74) is 3.04. The summed E-state index contributed by atoms with van der Waals surface area (Å²) in [5.74, 6) is 0. The number of benzene rings is 1. The third-order valence-electron chi connectivity index (χ3n) is 3.11. The van der Waals surface area contributed by atoms with Gasteiger partial charge in [0.05, 0.1) is 0 Å². The van der Waals surface area contributed by atoms with E-state index in [-0.39, 0.29) is 0 Å². The first-order chi connectivity index (χ1) is 7.31. The second-order valence-corrected chi connectivity index (χ2v) is 5.13. The number of hydrogen-bond donors (Lipinski definition) is 1. The van der Waals surface area contributed by atoms with Crippen LogP contribution in [0, 0.1) is 0 Å². The fourth-order valence-electron chi connectivity index (χ4n) is 2.28. The summed E-state index contributed by atoms with van der Waals surface area (Å²) < 4.78 is 1.29. The van der Waals surface area contributed by atoms with Gasteiger partial charge in [-0.05, 0) is 49.4 Å². The minimum absolute atomic E-state index is 0.687. The van der Waals surface area contributed by atoms with Gasteiger partial charge in [0.1, 0.15) is 0 Å². The van der Waals surface area contributed by atoms with E-state index in [1.165, 1.54) is 41.3 Å². The van der Waals surface area contributed by atoms with E-state index in [1.807, 2.05) is 0 Å². The molecule has 0 spiro atoms. The van der Waals surface area contributed by atoms with Crippen molar-refractivity contribution in [2.45, 2.75) is 38.6 Å². The first-order valence-electron chi connectivity index (χ1n) is 5.81. The van der Waals surface area contributed by atoms with Crippen LogP contribution in [-0.2, 0) is 12.8 Å². The molecule has 82 valence electrons. The number of halogens is 1. The highest BCUT2D eigenvalue weighted by Crippen LogP contribution is 2.27. The lowest BCUT2D eigenvalue weighted by atomic mass is 9.88. The molecule has 1 atom stereocenters. The summed E-state index contributed by atoms with van der Waals surface area (Å²) in [6.07, 6.45) is 4.89. The quantitative estimate of drug-likeness (QED) is 0.886. The molecule has 1 aliphatic rings. The lowest BCUT2D eigenvalue weighted by Gasteiger charge is -2.26. The maximum Gasteiger partial charge on any atom is 0.0210 e. The van der Waals surface area contributed by atoms with Crippen molar-refractivity contribution in [2.24, 2.45) is 0 Å². The highest BCUT2D eigenvalue weighted by molar-refractivity contribution is 9.10. The van der Waals surface area contributed by atoms with Crippen molar-refractivity contribution >= 4 is 15.9 Å². The standard InChI is InChI=1S/C13H18BrN/c1-2-8-15-11-6-7-12-10(9-11)4-3-5-13(12)14/h3-5,11,15H,2,6-9H2,1H3. The maximum absolute atomic E-state index is 3.63. The molecule has 0 radical (unpaired) electrons. The minimum atomic E-state index is 0.687. The van der Waals surface area contributed by atoms with Crippen LogP contribution in [0.4, 0.5) is 0 Å². The number of hydrogen-bond acceptors (Lipinski definition) is 1. The maximum atomic E-state index is 3.63. The number of fused-ring (bicyclic) bond motifs is 1. The lowest BCUT2D eigenvalue weighted by Crippen LogP contribution is -2.35. The van der Waals surface area contributed by atoms with Crippen molar-refractivity contribution in [2.75, 3.05) is 6.54 Å². The molecule has 2 heteroatoms. The van der Waals surface area contributed by atoms with Crippen LogP contribution in [0.2, 0.25) is 0 Å². The Morgan fingerprint density at radius 2 is 2.33 bits per heavy atom. The van der Waals surface area contributed by atoms with E-state index in [2.05, 4.69) is 46.4 Å². The largest absolute Gasteiger partial charge is 0.314 e. The van der Waals surface area contributed by atoms with Crippen molar-refractivity contribution in [1.29, 1.82) is 0 Å². The Balaban J connectivity index is 2.07. The summed E-state index contributed by atoms with van der Waals surface area (Å²) >= 11 is 3.63. The summed E-state index contributed by atoms with van der Waals surface area (Å²) in [6, 6.07) is 7.25. The monoisotopic (exact) mass is 267 g/mol. The summed E-state index contributed by atoms with van der Waals surface area (Å²) in [4.78, 5) is 0. The predicted molar refractivity (Wildman–Crippen MR) is 68.2 cm³/mol. The van der Waals surface area contributed by atoms with Crippen molar-refractivity contribution in [1.82, 2.24) is 5.32 Å². The van der Waals surface area contributed by atoms with Crippen LogP contribution in [0.25, 0.3) is 0 Å². The Morgan fingerprint density at radius 1 is 1.47 bits per heavy atom. The minimum Gasteiger partial charge on any atom is -0.314 e. The average molecular weight is 268 g/mol. The van der Waals surface area contributed by atoms with Gasteiger partial charge in [-0.15, -0.1) is 0 Å². The van der Waals surface area contributed by atoms with Crippen LogP contribution in [0.5, 0.6) is 0 Å². The SMILES string of the molecule is CCCNC1CCc2c(Br)cccc2C1. The zero-order valence-electron chi connectivity index (χ0n) is 9.22. The van der Waals surface area contributed by atoms with E-state index in [9.17, 15) is 0 Å². The van der Waals surface area contributed by atoms with E-state index in [0.717, 1.165) is 6.54 Å². The molecule has 1 aromatic rings. The Bertz CT molecular complexity index is 335. The van der Waals surface area contributed by atoms with Crippen LogP contribution in [-0.4, -0.2) is 12.6 Å². The molecular formula is C13H18BrN. The molecule has 2 rings (SSSR count). The van der Waals surface area contributed by atoms with Crippen molar-refractivity contribution in [3.8, 4) is 0 Å². The number of rotatable bonds is 3. The van der Waals surface area contributed by atoms with Crippen LogP contribution in [0.15, 0.2) is 22.7 Å². The molecule has 1 aromatic carbocycles. The number of nitrogens with one attached hydrogen (secondary N) is 1. The zero-order chi connectivity index (χ0) is 10.7. The average Bonchev–Trinajstić information content (AvgIpc) is 2.26. The highest BCUT2D eigenvalue weighted by Gasteiger charge is 2.18. The fraction of sp³-hybridized carbons (Fsp3) is 0.538. The Hall–Kier alpha value is -0.340. The van der Waals surface area contributed by atoms with Gasteiger partial charge in [0, 0.05) is 10.5 Å². The molecule has 0 aliphatic heterocycles. The third kappa shape index (κ3) is 2.61. The zero-order valence-corrected chi connectivity index (χ0v) is 10.8. The van der Waals surface area contributed by atoms with Gasteiger partial charge < -0.3 is 5.32 Å². The molecule has 0 heterocycles. The van der Waals surface area contributed by atoms with Gasteiger partial charge in [-0.1, -0.05) is 35.0 Å². The summed E-state index contributed by atoms with van der Waals surface area (Å²) in [7, 11) is 0. The van der Waals surface area contributed by atoms with Crippen molar-refractivity contribution in [3.63, 3.8) is 0 Å². The van der Waals surface area contributed by atoms with Crippen LogP contribution in [0.1, 0.15) is 30.9 Å². The predicted octanol–water partition coefficient (Wildman–Crippen LogP) is 3.31. The normalized spacial score (nSPS) is 20.0. The fourth-order valence-corrected chi connectivity index (χ4v) is 2.89. The van der Waals surface area contributed by atoms with Gasteiger partial charge in [-0.3, -0.25) is 0 Å². The first kappa shape index (κ1) is 11.2. The molecule has 0 fully saturated rings. The molecule has 1 N–H and O–H groups in total. The Kier molecular flexibility index (Phi) is 3.81. The van der Waals surface area contributed by atoms with Gasteiger partial charge in [0.15, 0.2) is 0 Å². The van der Waals surface area contributed by atoms with Gasteiger partial charge in [0.2, 0.25) is 0 Å². The Morgan fingerprint density at radius 3 is 3.13 bits per heavy atom. The molecule has 15 heavy (non-hydrogen) atoms. The second kappa shape index (κ2) is 5.13. The molecule has 1 nitrogen and oxygen atoms in total. The van der Waals surface area contributed by atoms with E-state index < -0.39 is 0 Å². The molecule has 0 aromatic heterocycles. The van der Waals surface area contributed by atoms with Gasteiger partial charge >= 0.3 is 0 Å². The Labute approximate surface area is 100 Å². The summed E-state index contributed by atoms with van der Waals surface area (Å²) in [5, 5.41) is 3.62. The van der Waals surface area contributed by atoms with Gasteiger partial charge in [0.25, 0.3) is 0 Å². The lowest BCUT2D eigenvalue weighted by molar-refractivity contribution is 0.458. The highest BCUT2D eigenvalue weighted by atomic mass is 79.9. The molecule has 1 unspecified atom stereocenters. The van der Waals surface area contributed by atoms with Crippen molar-refractivity contribution in [3.05, 3.63) is 33.8 Å².